The third-order valence-electron chi connectivity index (χ3n) is 4.91. The number of hydrogen-bond acceptors (Lipinski definition) is 3. The van der Waals surface area contributed by atoms with E-state index in [9.17, 15) is 9.90 Å². The summed E-state index contributed by atoms with van der Waals surface area (Å²) < 4.78 is 0. The van der Waals surface area contributed by atoms with Gasteiger partial charge in [0.15, 0.2) is 0 Å². The van der Waals surface area contributed by atoms with Crippen molar-refractivity contribution in [1.29, 1.82) is 0 Å². The second-order valence-electron chi connectivity index (χ2n) is 6.30. The molecule has 2 fully saturated rings. The number of anilines is 1. The van der Waals surface area contributed by atoms with Crippen molar-refractivity contribution < 1.29 is 9.90 Å². The van der Waals surface area contributed by atoms with E-state index in [0.29, 0.717) is 17.6 Å². The van der Waals surface area contributed by atoms with Gasteiger partial charge in [-0.15, -0.1) is 12.4 Å². The molecule has 0 aromatic heterocycles. The van der Waals surface area contributed by atoms with E-state index < -0.39 is 0 Å². The molecule has 1 heterocycles. The largest absolute Gasteiger partial charge is 0.506 e. The van der Waals surface area contributed by atoms with E-state index >= 15 is 0 Å². The number of fused-ring (bicyclic) bond motifs is 1. The minimum atomic E-state index is -0.122. The first-order chi connectivity index (χ1) is 10.2. The van der Waals surface area contributed by atoms with Gasteiger partial charge in [-0.1, -0.05) is 25.8 Å². The molecule has 2 aliphatic rings. The van der Waals surface area contributed by atoms with Gasteiger partial charge in [0.2, 0.25) is 5.91 Å². The van der Waals surface area contributed by atoms with E-state index in [4.69, 9.17) is 0 Å². The Kier molecular flexibility index (Phi) is 5.70. The lowest BCUT2D eigenvalue weighted by Crippen LogP contribution is -2.39. The first-order valence-electron chi connectivity index (χ1n) is 8.06. The average molecular weight is 325 g/mol. The molecule has 1 amide bonds. The fourth-order valence-corrected chi connectivity index (χ4v) is 3.64. The van der Waals surface area contributed by atoms with Crippen molar-refractivity contribution in [3.63, 3.8) is 0 Å². The minimum absolute atomic E-state index is 0. The maximum Gasteiger partial charge on any atom is 0.241 e. The van der Waals surface area contributed by atoms with Gasteiger partial charge in [-0.2, -0.15) is 0 Å². The Labute approximate surface area is 138 Å². The molecule has 3 atom stereocenters. The van der Waals surface area contributed by atoms with Crippen LogP contribution in [0, 0.1) is 5.92 Å². The van der Waals surface area contributed by atoms with E-state index in [0.717, 1.165) is 18.4 Å². The van der Waals surface area contributed by atoms with Crippen LogP contribution >= 0.6 is 12.4 Å². The lowest BCUT2D eigenvalue weighted by Gasteiger charge is -2.24. The molecule has 1 aliphatic heterocycles. The molecule has 122 valence electrons. The standard InChI is InChI=1S/C17H24N2O2.ClH/c1-2-11-7-8-16(20)14(9-11)19-17(21)15-10-12-5-3-4-6-13(12)18-15;/h7-9,12-13,15,18,20H,2-6,10H2,1H3,(H,19,21);1H. The number of carbonyl (C=O) groups excluding carboxylic acids is 1. The van der Waals surface area contributed by atoms with Crippen molar-refractivity contribution in [1.82, 2.24) is 5.32 Å². The molecule has 0 radical (unpaired) electrons. The SMILES string of the molecule is CCc1ccc(O)c(NC(=O)C2CC3CCCCC3N2)c1.Cl. The number of phenolic OH excluding ortho intramolecular Hbond substituents is 1. The summed E-state index contributed by atoms with van der Waals surface area (Å²) in [4.78, 5) is 12.4. The Morgan fingerprint density at radius 3 is 2.86 bits per heavy atom. The van der Waals surface area contributed by atoms with Crippen molar-refractivity contribution in [2.75, 3.05) is 5.32 Å². The lowest BCUT2D eigenvalue weighted by molar-refractivity contribution is -0.117. The summed E-state index contributed by atoms with van der Waals surface area (Å²) in [6.45, 7) is 2.06. The van der Waals surface area contributed by atoms with Gasteiger partial charge in [0.05, 0.1) is 11.7 Å². The average Bonchev–Trinajstić information content (AvgIpc) is 2.93. The molecule has 3 unspecified atom stereocenters. The predicted octanol–water partition coefficient (Wildman–Crippen LogP) is 3.24. The Morgan fingerprint density at radius 2 is 2.14 bits per heavy atom. The zero-order valence-electron chi connectivity index (χ0n) is 13.0. The second-order valence-corrected chi connectivity index (χ2v) is 6.30. The molecule has 0 bridgehead atoms. The van der Waals surface area contributed by atoms with E-state index in [1.165, 1.54) is 25.7 Å². The molecule has 1 aromatic carbocycles. The normalized spacial score (nSPS) is 26.9. The first kappa shape index (κ1) is 17.1. The summed E-state index contributed by atoms with van der Waals surface area (Å²) >= 11 is 0. The molecule has 4 nitrogen and oxygen atoms in total. The third kappa shape index (κ3) is 3.55. The number of amides is 1. The summed E-state index contributed by atoms with van der Waals surface area (Å²) in [6, 6.07) is 5.77. The van der Waals surface area contributed by atoms with Crippen LogP contribution in [0.1, 0.15) is 44.6 Å². The van der Waals surface area contributed by atoms with Crippen molar-refractivity contribution in [2.45, 2.75) is 57.5 Å². The molecular formula is C17H25ClN2O2. The van der Waals surface area contributed by atoms with Gasteiger partial charge in [0.25, 0.3) is 0 Å². The van der Waals surface area contributed by atoms with Crippen LogP contribution in [0.15, 0.2) is 18.2 Å². The maximum atomic E-state index is 12.4. The van der Waals surface area contributed by atoms with Gasteiger partial charge in [-0.25, -0.2) is 0 Å². The van der Waals surface area contributed by atoms with Crippen LogP contribution in [-0.4, -0.2) is 23.1 Å². The highest BCUT2D eigenvalue weighted by atomic mass is 35.5. The van der Waals surface area contributed by atoms with Crippen molar-refractivity contribution in [3.8, 4) is 5.75 Å². The van der Waals surface area contributed by atoms with Crippen LogP contribution in [0.25, 0.3) is 0 Å². The van der Waals surface area contributed by atoms with E-state index in [2.05, 4.69) is 17.6 Å². The zero-order valence-corrected chi connectivity index (χ0v) is 13.8. The Morgan fingerprint density at radius 1 is 1.36 bits per heavy atom. The van der Waals surface area contributed by atoms with E-state index in [1.807, 2.05) is 12.1 Å². The number of nitrogens with one attached hydrogen (secondary N) is 2. The van der Waals surface area contributed by atoms with Crippen LogP contribution in [0.4, 0.5) is 5.69 Å². The van der Waals surface area contributed by atoms with Gasteiger partial charge in [0, 0.05) is 6.04 Å². The van der Waals surface area contributed by atoms with Crippen molar-refractivity contribution >= 4 is 24.0 Å². The number of carbonyl (C=O) groups is 1. The Bertz CT molecular complexity index is 521. The van der Waals surface area contributed by atoms with Crippen molar-refractivity contribution in [2.24, 2.45) is 5.92 Å². The number of benzene rings is 1. The number of aryl methyl sites for hydroxylation is 1. The topological polar surface area (TPSA) is 61.4 Å². The first-order valence-corrected chi connectivity index (χ1v) is 8.06. The van der Waals surface area contributed by atoms with Gasteiger partial charge in [-0.05, 0) is 49.3 Å². The molecule has 1 aromatic rings. The molecular weight excluding hydrogens is 300 g/mol. The molecule has 0 spiro atoms. The minimum Gasteiger partial charge on any atom is -0.506 e. The van der Waals surface area contributed by atoms with Gasteiger partial charge in [0.1, 0.15) is 5.75 Å². The maximum absolute atomic E-state index is 12.4. The van der Waals surface area contributed by atoms with Crippen LogP contribution in [0.2, 0.25) is 0 Å². The Hall–Kier alpha value is -1.26. The molecule has 1 aliphatic carbocycles. The van der Waals surface area contributed by atoms with Crippen LogP contribution in [0.3, 0.4) is 0 Å². The number of phenols is 1. The molecule has 22 heavy (non-hydrogen) atoms. The number of hydrogen-bond donors (Lipinski definition) is 3. The highest BCUT2D eigenvalue weighted by Crippen LogP contribution is 2.34. The van der Waals surface area contributed by atoms with Gasteiger partial charge >= 0.3 is 0 Å². The fourth-order valence-electron chi connectivity index (χ4n) is 3.64. The smallest absolute Gasteiger partial charge is 0.241 e. The third-order valence-corrected chi connectivity index (χ3v) is 4.91. The summed E-state index contributed by atoms with van der Waals surface area (Å²) in [5, 5.41) is 16.2. The summed E-state index contributed by atoms with van der Waals surface area (Å²) in [5.41, 5.74) is 1.63. The highest BCUT2D eigenvalue weighted by Gasteiger charge is 2.38. The van der Waals surface area contributed by atoms with E-state index in [-0.39, 0.29) is 30.1 Å². The Balaban J connectivity index is 0.00000176. The molecule has 5 heteroatoms. The molecule has 3 N–H and O–H groups in total. The summed E-state index contributed by atoms with van der Waals surface area (Å²) in [6.07, 6.45) is 6.78. The van der Waals surface area contributed by atoms with Gasteiger partial charge in [-0.3, -0.25) is 4.79 Å². The predicted molar refractivity (Wildman–Crippen MR) is 90.6 cm³/mol. The number of aromatic hydroxyl groups is 1. The van der Waals surface area contributed by atoms with Gasteiger partial charge < -0.3 is 15.7 Å². The molecule has 1 saturated carbocycles. The summed E-state index contributed by atoms with van der Waals surface area (Å²) in [7, 11) is 0. The summed E-state index contributed by atoms with van der Waals surface area (Å²) in [5.74, 6) is 0.758. The van der Waals surface area contributed by atoms with Crippen LogP contribution < -0.4 is 10.6 Å². The van der Waals surface area contributed by atoms with Crippen LogP contribution in [0.5, 0.6) is 5.75 Å². The second kappa shape index (κ2) is 7.34. The number of halogens is 1. The fraction of sp³-hybridized carbons (Fsp3) is 0.588. The lowest BCUT2D eigenvalue weighted by atomic mass is 9.85. The highest BCUT2D eigenvalue weighted by molar-refractivity contribution is 5.96. The van der Waals surface area contributed by atoms with Crippen molar-refractivity contribution in [3.05, 3.63) is 23.8 Å². The zero-order chi connectivity index (χ0) is 14.8. The number of rotatable bonds is 3. The molecule has 1 saturated heterocycles. The molecule has 3 rings (SSSR count). The quantitative estimate of drug-likeness (QED) is 0.748. The monoisotopic (exact) mass is 324 g/mol. The van der Waals surface area contributed by atoms with E-state index in [1.54, 1.807) is 6.07 Å². The van der Waals surface area contributed by atoms with Crippen LogP contribution in [-0.2, 0) is 11.2 Å².